The van der Waals surface area contributed by atoms with E-state index in [0.717, 1.165) is 25.3 Å². The van der Waals surface area contributed by atoms with Gasteiger partial charge in [0.25, 0.3) is 5.91 Å². The molecule has 8 heteroatoms. The maximum atomic E-state index is 13.4. The van der Waals surface area contributed by atoms with E-state index in [1.165, 1.54) is 4.90 Å². The molecule has 3 rings (SSSR count). The van der Waals surface area contributed by atoms with Gasteiger partial charge in [0.15, 0.2) is 0 Å². The fraction of sp³-hybridized carbons (Fsp3) is 0.529. The highest BCUT2D eigenvalue weighted by atomic mass is 19.4. The monoisotopic (exact) mass is 359 g/mol. The van der Waals surface area contributed by atoms with Crippen LogP contribution in [0.15, 0.2) is 18.2 Å². The molecule has 25 heavy (non-hydrogen) atoms. The maximum Gasteiger partial charge on any atom is 0.419 e. The Labute approximate surface area is 141 Å². The normalized spacial score (nSPS) is 26.4. The Kier molecular flexibility index (Phi) is 4.47. The van der Waals surface area contributed by atoms with E-state index >= 15 is 0 Å². The molecule has 0 bridgehead atoms. The number of nitrogens with zero attached hydrogens (tertiary/aromatic N) is 1. The third-order valence-electron chi connectivity index (χ3n) is 5.13. The van der Waals surface area contributed by atoms with Gasteiger partial charge in [0.05, 0.1) is 5.56 Å². The van der Waals surface area contributed by atoms with Crippen LogP contribution >= 0.6 is 0 Å². The van der Waals surface area contributed by atoms with Gasteiger partial charge in [-0.05, 0) is 43.4 Å². The number of alkyl halides is 3. The van der Waals surface area contributed by atoms with Crippen molar-refractivity contribution in [3.8, 4) is 0 Å². The first-order valence-corrected chi connectivity index (χ1v) is 8.12. The van der Waals surface area contributed by atoms with Crippen molar-refractivity contribution < 1.29 is 32.3 Å². The van der Waals surface area contributed by atoms with Gasteiger partial charge in [-0.25, -0.2) is 9.18 Å². The Morgan fingerprint density at radius 2 is 1.84 bits per heavy atom. The molecule has 0 spiro atoms. The summed E-state index contributed by atoms with van der Waals surface area (Å²) in [5, 5.41) is 9.42. The van der Waals surface area contributed by atoms with Gasteiger partial charge in [0.1, 0.15) is 11.9 Å². The zero-order chi connectivity index (χ0) is 18.4. The van der Waals surface area contributed by atoms with Crippen LogP contribution in [0.5, 0.6) is 0 Å². The summed E-state index contributed by atoms with van der Waals surface area (Å²) in [5.74, 6) is -3.37. The van der Waals surface area contributed by atoms with Crippen molar-refractivity contribution in [2.24, 2.45) is 5.92 Å². The molecule has 4 nitrogen and oxygen atoms in total. The molecule has 2 aliphatic rings. The fourth-order valence-corrected chi connectivity index (χ4v) is 4.00. The molecule has 1 saturated heterocycles. The van der Waals surface area contributed by atoms with Crippen molar-refractivity contribution in [2.75, 3.05) is 0 Å². The third-order valence-corrected chi connectivity index (χ3v) is 5.13. The van der Waals surface area contributed by atoms with E-state index in [2.05, 4.69) is 0 Å². The van der Waals surface area contributed by atoms with Crippen molar-refractivity contribution in [1.29, 1.82) is 0 Å². The fourth-order valence-electron chi connectivity index (χ4n) is 4.00. The zero-order valence-electron chi connectivity index (χ0n) is 13.2. The van der Waals surface area contributed by atoms with Gasteiger partial charge in [-0.2, -0.15) is 13.2 Å². The molecule has 2 fully saturated rings. The first-order chi connectivity index (χ1) is 11.7. The Morgan fingerprint density at radius 3 is 2.48 bits per heavy atom. The number of carbonyl (C=O) groups excluding carboxylic acids is 1. The third kappa shape index (κ3) is 3.21. The summed E-state index contributed by atoms with van der Waals surface area (Å²) in [6, 6.07) is 0.691. The molecule has 1 aliphatic heterocycles. The van der Waals surface area contributed by atoms with Crippen molar-refractivity contribution in [3.63, 3.8) is 0 Å². The Hall–Kier alpha value is -2.12. The van der Waals surface area contributed by atoms with Gasteiger partial charge in [-0.3, -0.25) is 4.79 Å². The van der Waals surface area contributed by atoms with Gasteiger partial charge in [-0.15, -0.1) is 0 Å². The summed E-state index contributed by atoms with van der Waals surface area (Å²) in [6.07, 6.45) is -1.40. The number of carbonyl (C=O) groups is 2. The van der Waals surface area contributed by atoms with Gasteiger partial charge < -0.3 is 10.0 Å². The lowest BCUT2D eigenvalue weighted by atomic mass is 9.84. The number of carboxylic acid groups (broad SMARTS) is 1. The van der Waals surface area contributed by atoms with Gasteiger partial charge in [0, 0.05) is 11.6 Å². The maximum absolute atomic E-state index is 13.4. The van der Waals surface area contributed by atoms with E-state index in [0.29, 0.717) is 25.0 Å². The molecule has 3 unspecified atom stereocenters. The number of hydrogen-bond donors (Lipinski definition) is 1. The first kappa shape index (κ1) is 17.7. The average molecular weight is 359 g/mol. The molecular formula is C17H17F4NO3. The van der Waals surface area contributed by atoms with E-state index in [1.807, 2.05) is 0 Å². The average Bonchev–Trinajstić information content (AvgIpc) is 2.93. The topological polar surface area (TPSA) is 57.6 Å². The molecule has 1 heterocycles. The molecule has 1 aromatic carbocycles. The number of rotatable bonds is 2. The first-order valence-electron chi connectivity index (χ1n) is 8.12. The molecular weight excluding hydrogens is 342 g/mol. The van der Waals surface area contributed by atoms with Crippen LogP contribution in [0.2, 0.25) is 0 Å². The molecule has 1 saturated carbocycles. The van der Waals surface area contributed by atoms with Crippen LogP contribution in [0.4, 0.5) is 17.6 Å². The van der Waals surface area contributed by atoms with E-state index in [9.17, 15) is 32.3 Å². The quantitative estimate of drug-likeness (QED) is 0.819. The second-order valence-electron chi connectivity index (χ2n) is 6.61. The number of benzene rings is 1. The van der Waals surface area contributed by atoms with Crippen molar-refractivity contribution in [3.05, 3.63) is 35.1 Å². The second-order valence-corrected chi connectivity index (χ2v) is 6.61. The highest BCUT2D eigenvalue weighted by Gasteiger charge is 2.48. The van der Waals surface area contributed by atoms with Crippen LogP contribution in [0.25, 0.3) is 0 Å². The second kappa shape index (κ2) is 6.31. The number of halogens is 4. The molecule has 0 radical (unpaired) electrons. The number of carboxylic acids is 1. The van der Waals surface area contributed by atoms with Gasteiger partial charge in [-0.1, -0.05) is 12.8 Å². The SMILES string of the molecule is O=C(O)C1CC2CCCCC2N1C(=O)c1ccc(F)c(C(F)(F)F)c1. The number of amides is 1. The molecule has 1 amide bonds. The summed E-state index contributed by atoms with van der Waals surface area (Å²) in [7, 11) is 0. The van der Waals surface area contributed by atoms with E-state index in [-0.39, 0.29) is 17.5 Å². The molecule has 3 atom stereocenters. The summed E-state index contributed by atoms with van der Waals surface area (Å²) in [5.41, 5.74) is -1.86. The Balaban J connectivity index is 1.97. The predicted octanol–water partition coefficient (Wildman–Crippen LogP) is 3.70. The highest BCUT2D eigenvalue weighted by Crippen LogP contribution is 2.41. The number of hydrogen-bond acceptors (Lipinski definition) is 2. The van der Waals surface area contributed by atoms with Crippen molar-refractivity contribution in [1.82, 2.24) is 4.90 Å². The lowest BCUT2D eigenvalue weighted by Gasteiger charge is -2.33. The molecule has 0 aromatic heterocycles. The largest absolute Gasteiger partial charge is 0.480 e. The Morgan fingerprint density at radius 1 is 1.16 bits per heavy atom. The number of aliphatic carboxylic acids is 1. The number of fused-ring (bicyclic) bond motifs is 1. The van der Waals surface area contributed by atoms with E-state index in [4.69, 9.17) is 0 Å². The van der Waals surface area contributed by atoms with Crippen LogP contribution in [0, 0.1) is 11.7 Å². The standard InChI is InChI=1S/C17H17F4NO3/c18-12-6-5-10(7-11(12)17(19,20)21)15(23)22-13-4-2-1-3-9(13)8-14(22)16(24)25/h5-7,9,13-14H,1-4,8H2,(H,24,25). The lowest BCUT2D eigenvalue weighted by molar-refractivity contribution is -0.142. The van der Waals surface area contributed by atoms with Gasteiger partial charge in [0.2, 0.25) is 0 Å². The minimum absolute atomic E-state index is 0.0429. The smallest absolute Gasteiger partial charge is 0.419 e. The van der Waals surface area contributed by atoms with Crippen LogP contribution in [0.1, 0.15) is 48.0 Å². The van der Waals surface area contributed by atoms with E-state index in [1.54, 1.807) is 0 Å². The van der Waals surface area contributed by atoms with Crippen LogP contribution in [0.3, 0.4) is 0 Å². The van der Waals surface area contributed by atoms with Crippen LogP contribution < -0.4 is 0 Å². The van der Waals surface area contributed by atoms with Crippen LogP contribution in [-0.4, -0.2) is 34.0 Å². The minimum atomic E-state index is -4.93. The zero-order valence-corrected chi connectivity index (χ0v) is 13.2. The lowest BCUT2D eigenvalue weighted by Crippen LogP contribution is -2.46. The summed E-state index contributed by atoms with van der Waals surface area (Å²) < 4.78 is 52.1. The summed E-state index contributed by atoms with van der Waals surface area (Å²) >= 11 is 0. The Bertz CT molecular complexity index is 704. The number of likely N-dealkylation sites (tertiary alicyclic amines) is 1. The molecule has 1 aromatic rings. The summed E-state index contributed by atoms with van der Waals surface area (Å²) in [4.78, 5) is 25.5. The molecule has 136 valence electrons. The van der Waals surface area contributed by atoms with Gasteiger partial charge >= 0.3 is 12.1 Å². The molecule has 1 N–H and O–H groups in total. The van der Waals surface area contributed by atoms with Crippen molar-refractivity contribution >= 4 is 11.9 Å². The summed E-state index contributed by atoms with van der Waals surface area (Å²) in [6.45, 7) is 0. The van der Waals surface area contributed by atoms with Crippen molar-refractivity contribution in [2.45, 2.75) is 50.4 Å². The minimum Gasteiger partial charge on any atom is -0.480 e. The molecule has 1 aliphatic carbocycles. The van der Waals surface area contributed by atoms with E-state index < -0.39 is 35.5 Å². The predicted molar refractivity (Wildman–Crippen MR) is 79.4 cm³/mol. The van der Waals surface area contributed by atoms with Crippen LogP contribution in [-0.2, 0) is 11.0 Å². The highest BCUT2D eigenvalue weighted by molar-refractivity contribution is 5.97.